The lowest BCUT2D eigenvalue weighted by Gasteiger charge is -2.10. The van der Waals surface area contributed by atoms with Crippen molar-refractivity contribution in [2.75, 3.05) is 18.1 Å². The first-order valence-electron chi connectivity index (χ1n) is 5.33. The molecule has 16 heavy (non-hydrogen) atoms. The van der Waals surface area contributed by atoms with E-state index in [0.29, 0.717) is 10.9 Å². The smallest absolute Gasteiger partial charge is 0.125 e. The summed E-state index contributed by atoms with van der Waals surface area (Å²) in [6.07, 6.45) is 1.05. The molecular weight excluding hydrogens is 263 g/mol. The lowest BCUT2D eigenvalue weighted by atomic mass is 10.2. The fourth-order valence-electron chi connectivity index (χ4n) is 1.29. The monoisotopic (exact) mass is 278 g/mol. The third kappa shape index (κ3) is 4.44. The quantitative estimate of drug-likeness (QED) is 0.533. The Bertz CT molecular complexity index is 318. The van der Waals surface area contributed by atoms with Crippen LogP contribution in [0.25, 0.3) is 0 Å². The van der Waals surface area contributed by atoms with E-state index in [4.69, 9.17) is 27.9 Å². The number of hydrogen-bond acceptors (Lipinski definition) is 2. The summed E-state index contributed by atoms with van der Waals surface area (Å²) in [5.74, 6) is 3.49. The Morgan fingerprint density at radius 2 is 2.19 bits per heavy atom. The van der Waals surface area contributed by atoms with E-state index in [0.717, 1.165) is 35.8 Å². The first-order chi connectivity index (χ1) is 7.79. The van der Waals surface area contributed by atoms with Gasteiger partial charge in [-0.2, -0.15) is 11.8 Å². The minimum Gasteiger partial charge on any atom is -0.493 e. The summed E-state index contributed by atoms with van der Waals surface area (Å²) in [7, 11) is 0. The summed E-state index contributed by atoms with van der Waals surface area (Å²) >= 11 is 13.8. The van der Waals surface area contributed by atoms with Crippen molar-refractivity contribution in [1.29, 1.82) is 0 Å². The number of ether oxygens (including phenoxy) is 1. The van der Waals surface area contributed by atoms with Crippen molar-refractivity contribution in [3.05, 3.63) is 28.8 Å². The fourth-order valence-corrected chi connectivity index (χ4v) is 2.48. The van der Waals surface area contributed by atoms with Gasteiger partial charge in [-0.1, -0.05) is 24.6 Å². The molecule has 0 spiro atoms. The Hall–Kier alpha value is -0.0500. The second-order valence-electron chi connectivity index (χ2n) is 3.25. The van der Waals surface area contributed by atoms with Crippen molar-refractivity contribution < 1.29 is 4.74 Å². The summed E-state index contributed by atoms with van der Waals surface area (Å²) in [5.41, 5.74) is 0.883. The Morgan fingerprint density at radius 3 is 2.88 bits per heavy atom. The predicted octanol–water partition coefficient (Wildman–Crippen LogP) is 4.60. The highest BCUT2D eigenvalue weighted by molar-refractivity contribution is 7.99. The molecule has 0 radical (unpaired) electrons. The lowest BCUT2D eigenvalue weighted by Crippen LogP contribution is -2.01. The van der Waals surface area contributed by atoms with Crippen LogP contribution in [0, 0.1) is 0 Å². The van der Waals surface area contributed by atoms with Crippen LogP contribution in [0.3, 0.4) is 0 Å². The molecule has 0 saturated heterocycles. The van der Waals surface area contributed by atoms with Gasteiger partial charge in [-0.25, -0.2) is 0 Å². The van der Waals surface area contributed by atoms with E-state index in [2.05, 4.69) is 6.92 Å². The SMILES string of the molecule is CCSCCCOc1cccc(Cl)c1CCl. The molecule has 0 amide bonds. The van der Waals surface area contributed by atoms with Crippen LogP contribution in [-0.2, 0) is 5.88 Å². The van der Waals surface area contributed by atoms with Crippen LogP contribution >= 0.6 is 35.0 Å². The first kappa shape index (κ1) is 14.0. The van der Waals surface area contributed by atoms with Gasteiger partial charge in [0.2, 0.25) is 0 Å². The summed E-state index contributed by atoms with van der Waals surface area (Å²) in [5, 5.41) is 0.676. The molecule has 1 aromatic rings. The van der Waals surface area contributed by atoms with Gasteiger partial charge in [0, 0.05) is 10.6 Å². The zero-order valence-electron chi connectivity index (χ0n) is 9.34. The van der Waals surface area contributed by atoms with E-state index in [9.17, 15) is 0 Å². The standard InChI is InChI=1S/C12H16Cl2OS/c1-2-16-8-4-7-15-12-6-3-5-11(14)10(12)9-13/h3,5-6H,2,4,7-9H2,1H3. The molecule has 1 rings (SSSR count). The second-order valence-corrected chi connectivity index (χ2v) is 5.32. The number of halogens is 2. The third-order valence-electron chi connectivity index (χ3n) is 2.10. The van der Waals surface area contributed by atoms with E-state index in [1.54, 1.807) is 0 Å². The number of benzene rings is 1. The Balaban J connectivity index is 2.44. The highest BCUT2D eigenvalue weighted by Crippen LogP contribution is 2.28. The topological polar surface area (TPSA) is 9.23 Å². The first-order valence-corrected chi connectivity index (χ1v) is 7.40. The maximum atomic E-state index is 6.02. The molecule has 0 fully saturated rings. The van der Waals surface area contributed by atoms with E-state index in [1.807, 2.05) is 30.0 Å². The Labute approximate surface area is 111 Å². The van der Waals surface area contributed by atoms with E-state index >= 15 is 0 Å². The van der Waals surface area contributed by atoms with Crippen molar-refractivity contribution in [2.45, 2.75) is 19.2 Å². The molecule has 90 valence electrons. The third-order valence-corrected chi connectivity index (χ3v) is 3.71. The second kappa shape index (κ2) is 8.10. The van der Waals surface area contributed by atoms with Crippen LogP contribution in [0.4, 0.5) is 0 Å². The molecule has 0 aliphatic heterocycles. The van der Waals surface area contributed by atoms with Gasteiger partial charge < -0.3 is 4.74 Å². The molecule has 0 bridgehead atoms. The average molecular weight is 279 g/mol. The van der Waals surface area contributed by atoms with Crippen molar-refractivity contribution in [1.82, 2.24) is 0 Å². The zero-order valence-corrected chi connectivity index (χ0v) is 11.7. The van der Waals surface area contributed by atoms with Gasteiger partial charge in [-0.15, -0.1) is 11.6 Å². The van der Waals surface area contributed by atoms with Crippen LogP contribution in [0.2, 0.25) is 5.02 Å². The Morgan fingerprint density at radius 1 is 1.38 bits per heavy atom. The van der Waals surface area contributed by atoms with Gasteiger partial charge in [-0.05, 0) is 30.1 Å². The number of rotatable bonds is 7. The molecule has 0 atom stereocenters. The van der Waals surface area contributed by atoms with Crippen LogP contribution in [0.15, 0.2) is 18.2 Å². The zero-order chi connectivity index (χ0) is 11.8. The molecule has 0 unspecified atom stereocenters. The van der Waals surface area contributed by atoms with Gasteiger partial charge in [0.1, 0.15) is 5.75 Å². The summed E-state index contributed by atoms with van der Waals surface area (Å²) < 4.78 is 5.67. The molecule has 1 aromatic carbocycles. The summed E-state index contributed by atoms with van der Waals surface area (Å²) in [4.78, 5) is 0. The maximum Gasteiger partial charge on any atom is 0.125 e. The summed E-state index contributed by atoms with van der Waals surface area (Å²) in [6, 6.07) is 5.63. The number of hydrogen-bond donors (Lipinski definition) is 0. The normalized spacial score (nSPS) is 10.4. The van der Waals surface area contributed by atoms with E-state index < -0.39 is 0 Å². The lowest BCUT2D eigenvalue weighted by molar-refractivity contribution is 0.316. The van der Waals surface area contributed by atoms with Crippen molar-refractivity contribution in [3.8, 4) is 5.75 Å². The van der Waals surface area contributed by atoms with Gasteiger partial charge in [-0.3, -0.25) is 0 Å². The molecule has 0 aromatic heterocycles. The van der Waals surface area contributed by atoms with Crippen LogP contribution in [0.1, 0.15) is 18.9 Å². The van der Waals surface area contributed by atoms with E-state index in [-0.39, 0.29) is 0 Å². The predicted molar refractivity (Wildman–Crippen MR) is 74.1 cm³/mol. The highest BCUT2D eigenvalue weighted by Gasteiger charge is 2.06. The van der Waals surface area contributed by atoms with Crippen molar-refractivity contribution in [3.63, 3.8) is 0 Å². The van der Waals surface area contributed by atoms with E-state index in [1.165, 1.54) is 0 Å². The van der Waals surface area contributed by atoms with Gasteiger partial charge >= 0.3 is 0 Å². The highest BCUT2D eigenvalue weighted by atomic mass is 35.5. The minimum atomic E-state index is 0.388. The molecule has 0 saturated carbocycles. The maximum absolute atomic E-state index is 6.02. The molecule has 1 nitrogen and oxygen atoms in total. The number of alkyl halides is 1. The molecular formula is C12H16Cl2OS. The average Bonchev–Trinajstić information content (AvgIpc) is 2.29. The number of thioether (sulfide) groups is 1. The van der Waals surface area contributed by atoms with Crippen LogP contribution in [0.5, 0.6) is 5.75 Å². The molecule has 0 N–H and O–H groups in total. The molecule has 4 heteroatoms. The van der Waals surface area contributed by atoms with Crippen molar-refractivity contribution >= 4 is 35.0 Å². The Kier molecular flexibility index (Phi) is 7.10. The molecule has 0 heterocycles. The molecule has 0 aliphatic carbocycles. The molecule has 0 aliphatic rings. The van der Waals surface area contributed by atoms with Gasteiger partial charge in [0.05, 0.1) is 12.5 Å². The summed E-state index contributed by atoms with van der Waals surface area (Å²) in [6.45, 7) is 2.88. The largest absolute Gasteiger partial charge is 0.493 e. The van der Waals surface area contributed by atoms with Crippen LogP contribution in [-0.4, -0.2) is 18.1 Å². The van der Waals surface area contributed by atoms with Crippen molar-refractivity contribution in [2.24, 2.45) is 0 Å². The fraction of sp³-hybridized carbons (Fsp3) is 0.500. The van der Waals surface area contributed by atoms with Crippen LogP contribution < -0.4 is 4.74 Å². The van der Waals surface area contributed by atoms with Gasteiger partial charge in [0.15, 0.2) is 0 Å². The van der Waals surface area contributed by atoms with Gasteiger partial charge in [0.25, 0.3) is 0 Å². The minimum absolute atomic E-state index is 0.388.